The molecule has 2 aromatic carbocycles. The maximum atomic E-state index is 13.0. The zero-order valence-corrected chi connectivity index (χ0v) is 17.2. The van der Waals surface area contributed by atoms with Crippen LogP contribution >= 0.6 is 11.6 Å². The highest BCUT2D eigenvalue weighted by molar-refractivity contribution is 6.30. The highest BCUT2D eigenvalue weighted by Gasteiger charge is 2.33. The van der Waals surface area contributed by atoms with Crippen LogP contribution in [-0.4, -0.2) is 47.1 Å². The molecule has 0 unspecified atom stereocenters. The van der Waals surface area contributed by atoms with Crippen molar-refractivity contribution >= 4 is 28.9 Å². The lowest BCUT2D eigenvalue weighted by Crippen LogP contribution is -2.25. The fourth-order valence-electron chi connectivity index (χ4n) is 4.07. The van der Waals surface area contributed by atoms with Crippen LogP contribution in [0, 0.1) is 0 Å². The molecule has 0 bridgehead atoms. The summed E-state index contributed by atoms with van der Waals surface area (Å²) in [7, 11) is 1.62. The quantitative estimate of drug-likeness (QED) is 0.696. The number of fused-ring (bicyclic) bond motifs is 1. The molecule has 2 aliphatic rings. The second kappa shape index (κ2) is 7.34. The number of aliphatic hydroxyl groups excluding tert-OH is 1. The Kier molecular flexibility index (Phi) is 4.64. The Bertz CT molecular complexity index is 1110. The van der Waals surface area contributed by atoms with Crippen LogP contribution in [0.4, 0.5) is 11.4 Å². The van der Waals surface area contributed by atoms with E-state index in [1.54, 1.807) is 28.8 Å². The van der Waals surface area contributed by atoms with Crippen molar-refractivity contribution in [3.63, 3.8) is 0 Å². The summed E-state index contributed by atoms with van der Waals surface area (Å²) in [4.78, 5) is 16.8. The van der Waals surface area contributed by atoms with Gasteiger partial charge in [0.1, 0.15) is 5.75 Å². The minimum Gasteiger partial charge on any atom is -0.495 e. The van der Waals surface area contributed by atoms with Gasteiger partial charge >= 0.3 is 0 Å². The Morgan fingerprint density at radius 2 is 1.93 bits per heavy atom. The molecule has 3 heterocycles. The van der Waals surface area contributed by atoms with Gasteiger partial charge in [0, 0.05) is 41.6 Å². The molecule has 1 aromatic heterocycles. The van der Waals surface area contributed by atoms with Gasteiger partial charge in [-0.3, -0.25) is 4.79 Å². The van der Waals surface area contributed by atoms with Crippen LogP contribution in [0.25, 0.3) is 5.69 Å². The monoisotopic (exact) mass is 424 g/mol. The van der Waals surface area contributed by atoms with Gasteiger partial charge in [0.15, 0.2) is 5.69 Å². The Balaban J connectivity index is 1.40. The Labute approximate surface area is 179 Å². The number of rotatable bonds is 4. The number of ether oxygens (including phenoxy) is 1. The van der Waals surface area contributed by atoms with Gasteiger partial charge in [0.2, 0.25) is 0 Å². The van der Waals surface area contributed by atoms with Crippen LogP contribution in [0.15, 0.2) is 48.7 Å². The van der Waals surface area contributed by atoms with Crippen molar-refractivity contribution in [3.8, 4) is 11.4 Å². The molecule has 2 aliphatic heterocycles. The van der Waals surface area contributed by atoms with Gasteiger partial charge in [-0.2, -0.15) is 5.10 Å². The first kappa shape index (κ1) is 19.0. The average Bonchev–Trinajstić information content (AvgIpc) is 3.44. The lowest BCUT2D eigenvalue weighted by atomic mass is 10.2. The number of amides is 1. The first-order valence-corrected chi connectivity index (χ1v) is 10.2. The van der Waals surface area contributed by atoms with Gasteiger partial charge < -0.3 is 19.6 Å². The Morgan fingerprint density at radius 3 is 2.60 bits per heavy atom. The standard InChI is InChI=1S/C22H21ClN4O3/c1-30-20-10-17(6-7-19(20)25-9-8-18(28)13-25)26-11-14-12-27(24-21(14)22(26)29)16-4-2-15(23)3-5-16/h2-7,10,12,18,28H,8-9,11,13H2,1H3/t18-/m1/s1. The SMILES string of the molecule is COc1cc(N2Cc3cn(-c4ccc(Cl)cc4)nc3C2=O)ccc1N1CC[C@@H](O)C1. The van der Waals surface area contributed by atoms with Crippen LogP contribution in [0.5, 0.6) is 5.75 Å². The van der Waals surface area contributed by atoms with Crippen molar-refractivity contribution in [1.82, 2.24) is 9.78 Å². The van der Waals surface area contributed by atoms with Gasteiger partial charge in [-0.1, -0.05) is 11.6 Å². The number of aromatic nitrogens is 2. The van der Waals surface area contributed by atoms with Crippen molar-refractivity contribution in [2.24, 2.45) is 0 Å². The topological polar surface area (TPSA) is 70.8 Å². The van der Waals surface area contributed by atoms with Crippen LogP contribution < -0.4 is 14.5 Å². The fraction of sp³-hybridized carbons (Fsp3) is 0.273. The van der Waals surface area contributed by atoms with Crippen LogP contribution in [0.1, 0.15) is 22.5 Å². The van der Waals surface area contributed by atoms with Crippen molar-refractivity contribution in [1.29, 1.82) is 0 Å². The number of halogens is 1. The average molecular weight is 425 g/mol. The largest absolute Gasteiger partial charge is 0.495 e. The second-order valence-electron chi connectivity index (χ2n) is 7.56. The molecule has 1 fully saturated rings. The van der Waals surface area contributed by atoms with Crippen molar-refractivity contribution < 1.29 is 14.6 Å². The summed E-state index contributed by atoms with van der Waals surface area (Å²) in [5.41, 5.74) is 3.87. The molecule has 0 spiro atoms. The zero-order valence-electron chi connectivity index (χ0n) is 16.5. The molecule has 1 N–H and O–H groups in total. The number of carbonyl (C=O) groups excluding carboxylic acids is 1. The maximum Gasteiger partial charge on any atom is 0.279 e. The van der Waals surface area contributed by atoms with E-state index in [1.807, 2.05) is 36.5 Å². The predicted molar refractivity (Wildman–Crippen MR) is 115 cm³/mol. The molecular formula is C22H21ClN4O3. The second-order valence-corrected chi connectivity index (χ2v) is 8.00. The molecular weight excluding hydrogens is 404 g/mol. The summed E-state index contributed by atoms with van der Waals surface area (Å²) in [6, 6.07) is 13.1. The van der Waals surface area contributed by atoms with Crippen molar-refractivity contribution in [3.05, 3.63) is 64.9 Å². The number of nitrogens with zero attached hydrogens (tertiary/aromatic N) is 4. The third-order valence-corrected chi connectivity index (χ3v) is 5.89. The molecule has 3 aromatic rings. The smallest absolute Gasteiger partial charge is 0.279 e. The Hall–Kier alpha value is -3.03. The molecule has 7 nitrogen and oxygen atoms in total. The number of β-amino-alcohol motifs (C(OH)–C–C–N with tert-alkyl or cyclic N) is 1. The summed E-state index contributed by atoms with van der Waals surface area (Å²) >= 11 is 5.95. The minimum absolute atomic E-state index is 0.135. The summed E-state index contributed by atoms with van der Waals surface area (Å²) in [6.45, 7) is 1.82. The number of aliphatic hydroxyl groups is 1. The van der Waals surface area contributed by atoms with Crippen molar-refractivity contribution in [2.45, 2.75) is 19.1 Å². The molecule has 8 heteroatoms. The molecule has 1 amide bonds. The van der Waals surface area contributed by atoms with Crippen LogP contribution in [0.3, 0.4) is 0 Å². The first-order chi connectivity index (χ1) is 14.5. The normalized spacial score (nSPS) is 18.2. The zero-order chi connectivity index (χ0) is 20.8. The van der Waals surface area contributed by atoms with E-state index in [4.69, 9.17) is 16.3 Å². The number of hydrogen-bond donors (Lipinski definition) is 1. The van der Waals surface area contributed by atoms with E-state index in [9.17, 15) is 9.90 Å². The van der Waals surface area contributed by atoms with E-state index in [2.05, 4.69) is 10.00 Å². The molecule has 154 valence electrons. The van der Waals surface area contributed by atoms with E-state index >= 15 is 0 Å². The molecule has 0 aliphatic carbocycles. The van der Waals surface area contributed by atoms with Gasteiger partial charge in [-0.15, -0.1) is 0 Å². The van der Waals surface area contributed by atoms with Crippen LogP contribution in [-0.2, 0) is 6.54 Å². The van der Waals surface area contributed by atoms with Gasteiger partial charge in [-0.25, -0.2) is 4.68 Å². The van der Waals surface area contributed by atoms with Crippen LogP contribution in [0.2, 0.25) is 5.02 Å². The molecule has 1 atom stereocenters. The van der Waals surface area contributed by atoms with E-state index in [0.717, 1.165) is 35.6 Å². The van der Waals surface area contributed by atoms with Gasteiger partial charge in [-0.05, 0) is 42.8 Å². The number of methoxy groups -OCH3 is 1. The number of hydrogen-bond acceptors (Lipinski definition) is 5. The molecule has 30 heavy (non-hydrogen) atoms. The Morgan fingerprint density at radius 1 is 1.17 bits per heavy atom. The molecule has 0 radical (unpaired) electrons. The van der Waals surface area contributed by atoms with E-state index in [1.165, 1.54) is 0 Å². The molecule has 1 saturated heterocycles. The van der Waals surface area contributed by atoms with Gasteiger partial charge in [0.25, 0.3) is 5.91 Å². The highest BCUT2D eigenvalue weighted by atomic mass is 35.5. The van der Waals surface area contributed by atoms with Gasteiger partial charge in [0.05, 0.1) is 31.1 Å². The lowest BCUT2D eigenvalue weighted by Gasteiger charge is -2.23. The highest BCUT2D eigenvalue weighted by Crippen LogP contribution is 2.37. The third kappa shape index (κ3) is 3.20. The summed E-state index contributed by atoms with van der Waals surface area (Å²) < 4.78 is 7.29. The summed E-state index contributed by atoms with van der Waals surface area (Å²) in [5.74, 6) is 0.550. The molecule has 0 saturated carbocycles. The fourth-order valence-corrected chi connectivity index (χ4v) is 4.19. The van der Waals surface area contributed by atoms with Crippen molar-refractivity contribution in [2.75, 3.05) is 30.0 Å². The number of benzene rings is 2. The third-order valence-electron chi connectivity index (χ3n) is 5.64. The van der Waals surface area contributed by atoms with E-state index in [0.29, 0.717) is 29.6 Å². The lowest BCUT2D eigenvalue weighted by molar-refractivity contribution is 0.0991. The number of anilines is 2. The maximum absolute atomic E-state index is 13.0. The molecule has 5 rings (SSSR count). The first-order valence-electron chi connectivity index (χ1n) is 9.81. The van der Waals surface area contributed by atoms with E-state index in [-0.39, 0.29) is 12.0 Å². The summed E-state index contributed by atoms with van der Waals surface area (Å²) in [6.07, 6.45) is 2.31. The number of carbonyl (C=O) groups is 1. The summed E-state index contributed by atoms with van der Waals surface area (Å²) in [5, 5.41) is 15.0. The predicted octanol–water partition coefficient (Wildman–Crippen LogP) is 3.27. The van der Waals surface area contributed by atoms with E-state index < -0.39 is 0 Å². The minimum atomic E-state index is -0.317.